The van der Waals surface area contributed by atoms with Gasteiger partial charge in [0.15, 0.2) is 0 Å². The molecule has 0 unspecified atom stereocenters. The number of aromatic nitrogens is 2. The normalized spacial score (nSPS) is 12.0. The van der Waals surface area contributed by atoms with E-state index in [0.717, 1.165) is 0 Å². The molecule has 4 nitrogen and oxygen atoms in total. The zero-order valence-electron chi connectivity index (χ0n) is 9.84. The largest absolute Gasteiger partial charge is 0.481 e. The van der Waals surface area contributed by atoms with E-state index in [4.69, 9.17) is 5.11 Å². The number of hydrogen-bond donors (Lipinski definition) is 2. The van der Waals surface area contributed by atoms with E-state index in [0.29, 0.717) is 22.4 Å². The van der Waals surface area contributed by atoms with Crippen molar-refractivity contribution in [3.63, 3.8) is 0 Å². The van der Waals surface area contributed by atoms with Crippen molar-refractivity contribution in [2.45, 2.75) is 26.2 Å². The van der Waals surface area contributed by atoms with E-state index in [9.17, 15) is 9.18 Å². The molecule has 0 aliphatic heterocycles. The van der Waals surface area contributed by atoms with Gasteiger partial charge in [-0.2, -0.15) is 0 Å². The first-order valence-corrected chi connectivity index (χ1v) is 5.22. The van der Waals surface area contributed by atoms with Crippen LogP contribution in [0.3, 0.4) is 0 Å². The van der Waals surface area contributed by atoms with Gasteiger partial charge in [0.05, 0.1) is 11.0 Å². The first-order valence-electron chi connectivity index (χ1n) is 5.22. The topological polar surface area (TPSA) is 66.0 Å². The highest BCUT2D eigenvalue weighted by Crippen LogP contribution is 2.24. The van der Waals surface area contributed by atoms with Gasteiger partial charge in [-0.15, -0.1) is 0 Å². The second kappa shape index (κ2) is 3.55. The molecule has 5 heteroatoms. The number of carboxylic acid groups (broad SMARTS) is 1. The van der Waals surface area contributed by atoms with Crippen molar-refractivity contribution in [2.24, 2.45) is 0 Å². The molecule has 0 saturated carbocycles. The molecule has 0 spiro atoms. The number of rotatable bonds is 2. The molecule has 2 N–H and O–H groups in total. The van der Waals surface area contributed by atoms with E-state index < -0.39 is 11.4 Å². The van der Waals surface area contributed by atoms with Gasteiger partial charge in [-0.1, -0.05) is 0 Å². The fraction of sp³-hybridized carbons (Fsp3) is 0.333. The number of fused-ring (bicyclic) bond motifs is 1. The summed E-state index contributed by atoms with van der Waals surface area (Å²) in [6.07, 6.45) is 0. The molecule has 17 heavy (non-hydrogen) atoms. The Labute approximate surface area is 97.5 Å². The summed E-state index contributed by atoms with van der Waals surface area (Å²) in [4.78, 5) is 18.2. The lowest BCUT2D eigenvalue weighted by molar-refractivity contribution is -0.142. The molecule has 0 radical (unpaired) electrons. The van der Waals surface area contributed by atoms with E-state index >= 15 is 0 Å². The number of carbonyl (C=O) groups is 1. The van der Waals surface area contributed by atoms with E-state index in [1.807, 2.05) is 0 Å². The summed E-state index contributed by atoms with van der Waals surface area (Å²) in [6, 6.07) is 2.93. The third kappa shape index (κ3) is 1.77. The summed E-state index contributed by atoms with van der Waals surface area (Å²) in [5, 5.41) is 9.09. The van der Waals surface area contributed by atoms with Gasteiger partial charge in [0.25, 0.3) is 0 Å². The second-order valence-electron chi connectivity index (χ2n) is 4.63. The maximum Gasteiger partial charge on any atom is 0.316 e. The lowest BCUT2D eigenvalue weighted by Crippen LogP contribution is -2.29. The van der Waals surface area contributed by atoms with Crippen LogP contribution in [-0.2, 0) is 10.2 Å². The average molecular weight is 236 g/mol. The Morgan fingerprint density at radius 2 is 2.12 bits per heavy atom. The van der Waals surface area contributed by atoms with E-state index in [2.05, 4.69) is 9.97 Å². The van der Waals surface area contributed by atoms with Crippen LogP contribution in [0.15, 0.2) is 12.1 Å². The monoisotopic (exact) mass is 236 g/mol. The number of hydrogen-bond acceptors (Lipinski definition) is 2. The van der Waals surface area contributed by atoms with Crippen molar-refractivity contribution in [1.82, 2.24) is 9.97 Å². The maximum absolute atomic E-state index is 13.3. The molecular weight excluding hydrogens is 223 g/mol. The minimum Gasteiger partial charge on any atom is -0.481 e. The van der Waals surface area contributed by atoms with Crippen molar-refractivity contribution >= 4 is 17.0 Å². The summed E-state index contributed by atoms with van der Waals surface area (Å²) in [5.41, 5.74) is 0.468. The summed E-state index contributed by atoms with van der Waals surface area (Å²) >= 11 is 0. The Hall–Kier alpha value is -1.91. The van der Waals surface area contributed by atoms with E-state index in [1.54, 1.807) is 26.8 Å². The minimum atomic E-state index is -1.12. The van der Waals surface area contributed by atoms with Crippen molar-refractivity contribution in [3.05, 3.63) is 29.3 Å². The molecule has 2 rings (SSSR count). The van der Waals surface area contributed by atoms with Crippen LogP contribution in [0.5, 0.6) is 0 Å². The Morgan fingerprint density at radius 1 is 1.47 bits per heavy atom. The Kier molecular flexibility index (Phi) is 2.41. The van der Waals surface area contributed by atoms with Crippen LogP contribution < -0.4 is 0 Å². The minimum absolute atomic E-state index is 0.324. The van der Waals surface area contributed by atoms with Crippen LogP contribution >= 0.6 is 0 Å². The Morgan fingerprint density at radius 3 is 2.71 bits per heavy atom. The summed E-state index contributed by atoms with van der Waals surface area (Å²) < 4.78 is 13.3. The highest BCUT2D eigenvalue weighted by molar-refractivity contribution is 5.82. The molecule has 1 aromatic carbocycles. The fourth-order valence-electron chi connectivity index (χ4n) is 1.54. The van der Waals surface area contributed by atoms with Gasteiger partial charge in [-0.25, -0.2) is 9.37 Å². The number of halogens is 1. The van der Waals surface area contributed by atoms with Crippen molar-refractivity contribution < 1.29 is 14.3 Å². The number of nitrogens with one attached hydrogen (secondary N) is 1. The molecule has 1 heterocycles. The molecule has 2 aromatic rings. The van der Waals surface area contributed by atoms with Gasteiger partial charge >= 0.3 is 5.97 Å². The van der Waals surface area contributed by atoms with Crippen LogP contribution in [0.2, 0.25) is 0 Å². The van der Waals surface area contributed by atoms with Crippen molar-refractivity contribution in [3.8, 4) is 0 Å². The molecule has 0 fully saturated rings. The smallest absolute Gasteiger partial charge is 0.316 e. The van der Waals surface area contributed by atoms with Gasteiger partial charge in [0.1, 0.15) is 17.1 Å². The molecule has 0 saturated heterocycles. The molecule has 0 aliphatic rings. The van der Waals surface area contributed by atoms with Crippen molar-refractivity contribution in [1.29, 1.82) is 0 Å². The van der Waals surface area contributed by atoms with Crippen LogP contribution in [-0.4, -0.2) is 21.0 Å². The van der Waals surface area contributed by atoms with Crippen LogP contribution in [0.25, 0.3) is 11.0 Å². The zero-order chi connectivity index (χ0) is 12.8. The van der Waals surface area contributed by atoms with Crippen molar-refractivity contribution in [2.75, 3.05) is 0 Å². The van der Waals surface area contributed by atoms with Gasteiger partial charge in [0.2, 0.25) is 0 Å². The second-order valence-corrected chi connectivity index (χ2v) is 4.63. The number of carboxylic acids is 1. The average Bonchev–Trinajstić information content (AvgIpc) is 2.62. The van der Waals surface area contributed by atoms with Gasteiger partial charge in [-0.05, 0) is 32.4 Å². The zero-order valence-corrected chi connectivity index (χ0v) is 9.84. The van der Waals surface area contributed by atoms with Crippen LogP contribution in [0.1, 0.15) is 25.2 Å². The fourth-order valence-corrected chi connectivity index (χ4v) is 1.54. The Bertz CT molecular complexity index is 563. The van der Waals surface area contributed by atoms with E-state index in [-0.39, 0.29) is 5.82 Å². The summed E-state index contributed by atoms with van der Waals surface area (Å²) in [6.45, 7) is 4.75. The van der Waals surface area contributed by atoms with Crippen LogP contribution in [0, 0.1) is 12.7 Å². The van der Waals surface area contributed by atoms with Gasteiger partial charge < -0.3 is 10.1 Å². The lowest BCUT2D eigenvalue weighted by Gasteiger charge is -2.15. The van der Waals surface area contributed by atoms with Gasteiger partial charge in [0, 0.05) is 6.07 Å². The molecule has 1 aromatic heterocycles. The highest BCUT2D eigenvalue weighted by Gasteiger charge is 2.32. The molecular formula is C12H13FN2O2. The Balaban J connectivity index is 2.63. The third-order valence-electron chi connectivity index (χ3n) is 2.89. The number of benzene rings is 1. The highest BCUT2D eigenvalue weighted by atomic mass is 19.1. The van der Waals surface area contributed by atoms with Crippen LogP contribution in [0.4, 0.5) is 4.39 Å². The first kappa shape index (κ1) is 11.6. The first-order chi connectivity index (χ1) is 7.82. The summed E-state index contributed by atoms with van der Waals surface area (Å²) in [5.74, 6) is -0.998. The number of H-pyrrole nitrogens is 1. The number of imidazole rings is 1. The quantitative estimate of drug-likeness (QED) is 0.841. The predicted octanol–water partition coefficient (Wildman–Crippen LogP) is 2.37. The standard InChI is InChI=1S/C12H13FN2O2/c1-6-4-8-9(5-7(6)13)15-10(14-8)12(2,3)11(16)17/h4-5H,1-3H3,(H,14,15)(H,16,17). The maximum atomic E-state index is 13.3. The molecule has 0 atom stereocenters. The number of aryl methyl sites for hydroxylation is 1. The predicted molar refractivity (Wildman–Crippen MR) is 61.5 cm³/mol. The number of aromatic amines is 1. The SMILES string of the molecule is Cc1cc2[nH]c(C(C)(C)C(=O)O)nc2cc1F. The van der Waals surface area contributed by atoms with Gasteiger partial charge in [-0.3, -0.25) is 4.79 Å². The van der Waals surface area contributed by atoms with E-state index in [1.165, 1.54) is 6.07 Å². The summed E-state index contributed by atoms with van der Waals surface area (Å²) in [7, 11) is 0. The molecule has 0 aliphatic carbocycles. The molecule has 90 valence electrons. The molecule has 0 bridgehead atoms. The number of aliphatic carboxylic acids is 1. The molecule has 0 amide bonds. The third-order valence-corrected chi connectivity index (χ3v) is 2.89. The number of nitrogens with zero attached hydrogens (tertiary/aromatic N) is 1. The lowest BCUT2D eigenvalue weighted by atomic mass is 9.93.